The molecular formula is C16H18N2O3S2. The first kappa shape index (κ1) is 16.3. The molecule has 122 valence electrons. The van der Waals surface area contributed by atoms with Crippen LogP contribution in [0.15, 0.2) is 23.2 Å². The summed E-state index contributed by atoms with van der Waals surface area (Å²) in [5, 5.41) is 10.5. The lowest BCUT2D eigenvalue weighted by Crippen LogP contribution is -2.17. The molecule has 23 heavy (non-hydrogen) atoms. The Morgan fingerprint density at radius 1 is 1.48 bits per heavy atom. The van der Waals surface area contributed by atoms with Crippen LogP contribution in [0.5, 0.6) is 5.75 Å². The van der Waals surface area contributed by atoms with Crippen LogP contribution in [0.1, 0.15) is 25.3 Å². The fraction of sp³-hybridized carbons (Fsp3) is 0.438. The number of carboxylic acid groups (broad SMARTS) is 1. The summed E-state index contributed by atoms with van der Waals surface area (Å²) in [5.74, 6) is 1.06. The zero-order valence-electron chi connectivity index (χ0n) is 13.0. The Labute approximate surface area is 142 Å². The van der Waals surface area contributed by atoms with Crippen LogP contribution >= 0.6 is 23.1 Å². The molecule has 2 aromatic rings. The first-order valence-corrected chi connectivity index (χ1v) is 9.30. The van der Waals surface area contributed by atoms with Gasteiger partial charge in [0.15, 0.2) is 6.04 Å². The van der Waals surface area contributed by atoms with Crippen molar-refractivity contribution in [2.75, 3.05) is 12.4 Å². The van der Waals surface area contributed by atoms with Crippen molar-refractivity contribution in [1.82, 2.24) is 4.98 Å². The summed E-state index contributed by atoms with van der Waals surface area (Å²) in [7, 11) is 0. The molecule has 3 rings (SSSR count). The number of carbonyl (C=O) groups is 1. The van der Waals surface area contributed by atoms with Gasteiger partial charge in [0.1, 0.15) is 15.8 Å². The number of benzene rings is 1. The van der Waals surface area contributed by atoms with E-state index in [4.69, 9.17) is 9.84 Å². The van der Waals surface area contributed by atoms with Gasteiger partial charge in [-0.1, -0.05) is 13.8 Å². The Morgan fingerprint density at radius 2 is 2.30 bits per heavy atom. The van der Waals surface area contributed by atoms with Crippen molar-refractivity contribution in [3.63, 3.8) is 0 Å². The maximum absolute atomic E-state index is 11.0. The van der Waals surface area contributed by atoms with E-state index in [-0.39, 0.29) is 0 Å². The Bertz CT molecular complexity index is 755. The summed E-state index contributed by atoms with van der Waals surface area (Å²) in [5.41, 5.74) is 0.892. The number of hydrogen-bond acceptors (Lipinski definition) is 6. The molecule has 1 N–H and O–H groups in total. The van der Waals surface area contributed by atoms with Gasteiger partial charge >= 0.3 is 5.97 Å². The molecule has 0 unspecified atom stereocenters. The first-order valence-electron chi connectivity index (χ1n) is 7.50. The molecule has 0 bridgehead atoms. The second kappa shape index (κ2) is 6.88. The lowest BCUT2D eigenvalue weighted by molar-refractivity contribution is -0.137. The molecule has 1 aromatic carbocycles. The molecule has 0 saturated carbocycles. The topological polar surface area (TPSA) is 71.8 Å². The molecule has 2 heterocycles. The molecule has 5 nitrogen and oxygen atoms in total. The van der Waals surface area contributed by atoms with Gasteiger partial charge in [-0.05, 0) is 30.5 Å². The predicted octanol–water partition coefficient (Wildman–Crippen LogP) is 3.67. The second-order valence-corrected chi connectivity index (χ2v) is 7.82. The number of aliphatic carboxylic acids is 1. The number of rotatable bonds is 6. The van der Waals surface area contributed by atoms with Gasteiger partial charge in [0, 0.05) is 5.75 Å². The predicted molar refractivity (Wildman–Crippen MR) is 95.0 cm³/mol. The third-order valence-electron chi connectivity index (χ3n) is 3.44. The van der Waals surface area contributed by atoms with Crippen molar-refractivity contribution in [3.8, 4) is 5.75 Å². The summed E-state index contributed by atoms with van der Waals surface area (Å²) in [4.78, 5) is 19.8. The average molecular weight is 350 g/mol. The highest BCUT2D eigenvalue weighted by Crippen LogP contribution is 2.31. The largest absolute Gasteiger partial charge is 0.494 e. The Morgan fingerprint density at radius 3 is 3.00 bits per heavy atom. The van der Waals surface area contributed by atoms with E-state index in [0.717, 1.165) is 32.4 Å². The number of ether oxygens (including phenoxy) is 1. The van der Waals surface area contributed by atoms with E-state index in [1.165, 1.54) is 23.1 Å². The highest BCUT2D eigenvalue weighted by Gasteiger charge is 2.26. The smallest absolute Gasteiger partial charge is 0.329 e. The molecule has 1 atom stereocenters. The Hall–Kier alpha value is -1.60. The Kier molecular flexibility index (Phi) is 4.87. The normalized spacial score (nSPS) is 17.7. The summed E-state index contributed by atoms with van der Waals surface area (Å²) in [6.45, 7) is 5.05. The van der Waals surface area contributed by atoms with E-state index in [1.807, 2.05) is 18.2 Å². The fourth-order valence-corrected chi connectivity index (χ4v) is 4.21. The van der Waals surface area contributed by atoms with E-state index in [2.05, 4.69) is 23.8 Å². The number of nitrogens with zero attached hydrogens (tertiary/aromatic N) is 2. The van der Waals surface area contributed by atoms with Crippen LogP contribution in [0.2, 0.25) is 0 Å². The quantitative estimate of drug-likeness (QED) is 0.860. The van der Waals surface area contributed by atoms with E-state index in [9.17, 15) is 4.79 Å². The van der Waals surface area contributed by atoms with Gasteiger partial charge in [0.05, 0.1) is 16.8 Å². The van der Waals surface area contributed by atoms with E-state index >= 15 is 0 Å². The van der Waals surface area contributed by atoms with Crippen molar-refractivity contribution in [3.05, 3.63) is 23.2 Å². The number of hydrogen-bond donors (Lipinski definition) is 1. The summed E-state index contributed by atoms with van der Waals surface area (Å²) in [6.07, 6.45) is 1.02. The zero-order valence-corrected chi connectivity index (χ0v) is 14.6. The molecule has 0 spiro atoms. The van der Waals surface area contributed by atoms with E-state index in [1.54, 1.807) is 0 Å². The standard InChI is InChI=1S/C16H18N2O3S2/c1-9(2)5-6-21-10-3-4-11-13(7-10)23-15(17-11)14-18-12(8-22-14)16(19)20/h3-4,7,9,12H,5-6,8H2,1-2H3,(H,19,20)/t12-/m1/s1. The summed E-state index contributed by atoms with van der Waals surface area (Å²) < 4.78 is 6.81. The minimum absolute atomic E-state index is 0.476. The maximum atomic E-state index is 11.0. The zero-order chi connectivity index (χ0) is 16.4. The second-order valence-electron chi connectivity index (χ2n) is 5.78. The highest BCUT2D eigenvalue weighted by atomic mass is 32.2. The molecule has 1 aliphatic heterocycles. The molecule has 1 aliphatic rings. The fourth-order valence-electron chi connectivity index (χ4n) is 2.12. The maximum Gasteiger partial charge on any atom is 0.329 e. The van der Waals surface area contributed by atoms with Gasteiger partial charge in [0.2, 0.25) is 0 Å². The third kappa shape index (κ3) is 3.84. The van der Waals surface area contributed by atoms with Crippen LogP contribution < -0.4 is 4.74 Å². The molecule has 0 saturated heterocycles. The number of fused-ring (bicyclic) bond motifs is 1. The molecule has 7 heteroatoms. The minimum Gasteiger partial charge on any atom is -0.494 e. The molecule has 0 fully saturated rings. The Balaban J connectivity index is 1.77. The third-order valence-corrected chi connectivity index (χ3v) is 5.65. The minimum atomic E-state index is -0.880. The van der Waals surface area contributed by atoms with Crippen LogP contribution in [-0.4, -0.2) is 39.5 Å². The van der Waals surface area contributed by atoms with Crippen molar-refractivity contribution in [1.29, 1.82) is 0 Å². The van der Waals surface area contributed by atoms with Gasteiger partial charge < -0.3 is 9.84 Å². The van der Waals surface area contributed by atoms with Crippen molar-refractivity contribution >= 4 is 44.3 Å². The van der Waals surface area contributed by atoms with Gasteiger partial charge in [-0.15, -0.1) is 23.1 Å². The molecular weight excluding hydrogens is 332 g/mol. The number of aromatic nitrogens is 1. The monoisotopic (exact) mass is 350 g/mol. The molecule has 0 aliphatic carbocycles. The SMILES string of the molecule is CC(C)CCOc1ccc2nc(C3=N[C@@H](C(=O)O)CS3)sc2c1. The molecule has 0 radical (unpaired) electrons. The van der Waals surface area contributed by atoms with Crippen LogP contribution in [0.3, 0.4) is 0 Å². The lowest BCUT2D eigenvalue weighted by atomic mass is 10.1. The number of thioether (sulfide) groups is 1. The highest BCUT2D eigenvalue weighted by molar-refractivity contribution is 8.15. The first-order chi connectivity index (χ1) is 11.0. The van der Waals surface area contributed by atoms with Gasteiger partial charge in [-0.25, -0.2) is 9.78 Å². The van der Waals surface area contributed by atoms with Crippen molar-refractivity contribution in [2.24, 2.45) is 10.9 Å². The van der Waals surface area contributed by atoms with E-state index in [0.29, 0.717) is 18.3 Å². The lowest BCUT2D eigenvalue weighted by Gasteiger charge is -2.07. The van der Waals surface area contributed by atoms with Gasteiger partial charge in [-0.2, -0.15) is 0 Å². The number of thiazole rings is 1. The molecule has 0 amide bonds. The number of carboxylic acids is 1. The van der Waals surface area contributed by atoms with Crippen LogP contribution in [0.4, 0.5) is 0 Å². The van der Waals surface area contributed by atoms with Crippen molar-refractivity contribution in [2.45, 2.75) is 26.3 Å². The van der Waals surface area contributed by atoms with Gasteiger partial charge in [-0.3, -0.25) is 4.99 Å². The van der Waals surface area contributed by atoms with E-state index < -0.39 is 12.0 Å². The van der Waals surface area contributed by atoms with Crippen LogP contribution in [-0.2, 0) is 4.79 Å². The van der Waals surface area contributed by atoms with Crippen LogP contribution in [0.25, 0.3) is 10.2 Å². The molecule has 1 aromatic heterocycles. The van der Waals surface area contributed by atoms with Crippen LogP contribution in [0, 0.1) is 5.92 Å². The summed E-state index contributed by atoms with van der Waals surface area (Å²) in [6, 6.07) is 5.20. The van der Waals surface area contributed by atoms with Gasteiger partial charge in [0.25, 0.3) is 0 Å². The average Bonchev–Trinajstić information content (AvgIpc) is 3.13. The summed E-state index contributed by atoms with van der Waals surface area (Å²) >= 11 is 2.98. The van der Waals surface area contributed by atoms with Crippen molar-refractivity contribution < 1.29 is 14.6 Å². The number of aliphatic imine (C=N–C) groups is 1.